The maximum absolute atomic E-state index is 4.89. The van der Waals surface area contributed by atoms with Crippen molar-refractivity contribution < 1.29 is 0 Å². The third kappa shape index (κ3) is 1.31. The van der Waals surface area contributed by atoms with E-state index in [1.807, 2.05) is 0 Å². The smallest absolute Gasteiger partial charge is 0.141 e. The molecule has 2 aromatic carbocycles. The second-order valence-electron chi connectivity index (χ2n) is 5.48. The SMILES string of the molecule is Cc1c2c3cccc(C)c3nc-2n(C)c2ccccc12. The van der Waals surface area contributed by atoms with Crippen LogP contribution in [0.1, 0.15) is 11.1 Å². The van der Waals surface area contributed by atoms with Crippen LogP contribution >= 0.6 is 0 Å². The van der Waals surface area contributed by atoms with E-state index in [0.717, 1.165) is 11.3 Å². The quantitative estimate of drug-likeness (QED) is 0.457. The van der Waals surface area contributed by atoms with Gasteiger partial charge in [-0.3, -0.25) is 0 Å². The molecule has 4 rings (SSSR count). The Kier molecular flexibility index (Phi) is 2.19. The molecule has 0 aromatic heterocycles. The van der Waals surface area contributed by atoms with Gasteiger partial charge in [-0.25, -0.2) is 4.98 Å². The number of hydrogen-bond donors (Lipinski definition) is 0. The highest BCUT2D eigenvalue weighted by Crippen LogP contribution is 2.38. The minimum absolute atomic E-state index is 1.07. The van der Waals surface area contributed by atoms with Crippen molar-refractivity contribution in [2.45, 2.75) is 13.8 Å². The summed E-state index contributed by atoms with van der Waals surface area (Å²) in [6.45, 7) is 4.33. The van der Waals surface area contributed by atoms with Crippen LogP contribution in [0.15, 0.2) is 42.5 Å². The molecule has 2 nitrogen and oxygen atoms in total. The summed E-state index contributed by atoms with van der Waals surface area (Å²) < 4.78 is 2.21. The summed E-state index contributed by atoms with van der Waals surface area (Å²) >= 11 is 0. The van der Waals surface area contributed by atoms with E-state index in [9.17, 15) is 0 Å². The fourth-order valence-electron chi connectivity index (χ4n) is 3.24. The predicted octanol–water partition coefficient (Wildman–Crippen LogP) is 4.45. The van der Waals surface area contributed by atoms with Crippen LogP contribution in [0, 0.1) is 13.8 Å². The largest absolute Gasteiger partial charge is 0.328 e. The summed E-state index contributed by atoms with van der Waals surface area (Å²) in [6, 6.07) is 15.0. The van der Waals surface area contributed by atoms with Gasteiger partial charge in [0.2, 0.25) is 0 Å². The lowest BCUT2D eigenvalue weighted by Crippen LogP contribution is -2.01. The summed E-state index contributed by atoms with van der Waals surface area (Å²) in [5.74, 6) is 1.07. The molecule has 20 heavy (non-hydrogen) atoms. The van der Waals surface area contributed by atoms with Crippen molar-refractivity contribution in [3.8, 4) is 11.4 Å². The summed E-state index contributed by atoms with van der Waals surface area (Å²) in [7, 11) is 2.10. The van der Waals surface area contributed by atoms with E-state index < -0.39 is 0 Å². The van der Waals surface area contributed by atoms with Crippen LogP contribution < -0.4 is 0 Å². The molecular formula is C18H16N2. The normalized spacial score (nSPS) is 11.8. The van der Waals surface area contributed by atoms with Gasteiger partial charge in [0.1, 0.15) is 5.82 Å². The van der Waals surface area contributed by atoms with Crippen molar-refractivity contribution in [2.24, 2.45) is 7.05 Å². The van der Waals surface area contributed by atoms with Gasteiger partial charge in [0, 0.05) is 28.9 Å². The fraction of sp³-hybridized carbons (Fsp3) is 0.167. The molecule has 2 aliphatic rings. The van der Waals surface area contributed by atoms with Gasteiger partial charge >= 0.3 is 0 Å². The Morgan fingerprint density at radius 1 is 0.900 bits per heavy atom. The molecule has 0 N–H and O–H groups in total. The highest BCUT2D eigenvalue weighted by Gasteiger charge is 2.20. The van der Waals surface area contributed by atoms with Crippen LogP contribution in [0.5, 0.6) is 0 Å². The van der Waals surface area contributed by atoms with Crippen molar-refractivity contribution in [1.29, 1.82) is 0 Å². The number of pyridine rings is 1. The van der Waals surface area contributed by atoms with Crippen molar-refractivity contribution in [1.82, 2.24) is 9.55 Å². The van der Waals surface area contributed by atoms with Gasteiger partial charge in [0.15, 0.2) is 0 Å². The second kappa shape index (κ2) is 3.83. The van der Waals surface area contributed by atoms with E-state index in [-0.39, 0.29) is 0 Å². The van der Waals surface area contributed by atoms with E-state index >= 15 is 0 Å². The molecule has 0 unspecified atom stereocenters. The van der Waals surface area contributed by atoms with Crippen LogP contribution in [0.4, 0.5) is 0 Å². The van der Waals surface area contributed by atoms with Gasteiger partial charge in [-0.1, -0.05) is 36.4 Å². The fourth-order valence-corrected chi connectivity index (χ4v) is 3.24. The van der Waals surface area contributed by atoms with Gasteiger partial charge in [0.25, 0.3) is 0 Å². The van der Waals surface area contributed by atoms with E-state index in [0.29, 0.717) is 0 Å². The van der Waals surface area contributed by atoms with E-state index in [2.05, 4.69) is 67.9 Å². The van der Waals surface area contributed by atoms with Gasteiger partial charge in [-0.15, -0.1) is 0 Å². The third-order valence-corrected chi connectivity index (χ3v) is 4.31. The topological polar surface area (TPSA) is 17.8 Å². The Bertz CT molecular complexity index is 931. The van der Waals surface area contributed by atoms with Crippen molar-refractivity contribution in [3.63, 3.8) is 0 Å². The van der Waals surface area contributed by atoms with Gasteiger partial charge in [-0.05, 0) is 31.0 Å². The van der Waals surface area contributed by atoms with Gasteiger partial charge in [0.05, 0.1) is 5.52 Å². The molecular weight excluding hydrogens is 244 g/mol. The number of hydrogen-bond acceptors (Lipinski definition) is 1. The molecule has 0 aliphatic carbocycles. The minimum atomic E-state index is 1.07. The molecule has 0 saturated carbocycles. The minimum Gasteiger partial charge on any atom is -0.328 e. The highest BCUT2D eigenvalue weighted by molar-refractivity contribution is 6.04. The first kappa shape index (κ1) is 11.5. The number of rotatable bonds is 0. The summed E-state index contributed by atoms with van der Waals surface area (Å²) in [5, 5.41) is 2.57. The Labute approximate surface area is 118 Å². The molecule has 2 heterocycles. The Morgan fingerprint density at radius 2 is 1.65 bits per heavy atom. The number of para-hydroxylation sites is 2. The molecule has 2 aromatic rings. The average Bonchev–Trinajstić information content (AvgIpc) is 2.86. The lowest BCUT2D eigenvalue weighted by Gasteiger charge is -2.14. The summed E-state index contributed by atoms with van der Waals surface area (Å²) in [4.78, 5) is 4.89. The molecule has 0 atom stereocenters. The molecule has 0 bridgehead atoms. The highest BCUT2D eigenvalue weighted by atomic mass is 15.0. The first-order chi connectivity index (χ1) is 9.68. The van der Waals surface area contributed by atoms with Crippen LogP contribution in [-0.2, 0) is 7.05 Å². The lowest BCUT2D eigenvalue weighted by atomic mass is 9.99. The first-order valence-electron chi connectivity index (χ1n) is 6.91. The van der Waals surface area contributed by atoms with Gasteiger partial charge < -0.3 is 4.57 Å². The maximum atomic E-state index is 4.89. The number of nitrogens with zero attached hydrogens (tertiary/aromatic N) is 2. The zero-order chi connectivity index (χ0) is 13.9. The zero-order valence-corrected chi connectivity index (χ0v) is 11.9. The first-order valence-corrected chi connectivity index (χ1v) is 6.91. The summed E-state index contributed by atoms with van der Waals surface area (Å²) in [6.07, 6.45) is 0. The van der Waals surface area contributed by atoms with Crippen LogP contribution in [-0.4, -0.2) is 9.55 Å². The molecule has 0 radical (unpaired) electrons. The number of aryl methyl sites for hydroxylation is 3. The molecule has 2 heteroatoms. The van der Waals surface area contributed by atoms with E-state index in [1.54, 1.807) is 0 Å². The van der Waals surface area contributed by atoms with Crippen molar-refractivity contribution in [2.75, 3.05) is 0 Å². The third-order valence-electron chi connectivity index (χ3n) is 4.31. The number of benzene rings is 2. The molecule has 0 saturated heterocycles. The summed E-state index contributed by atoms with van der Waals surface area (Å²) in [5.41, 5.74) is 6.20. The Hall–Kier alpha value is -2.35. The van der Waals surface area contributed by atoms with E-state index in [4.69, 9.17) is 4.98 Å². The second-order valence-corrected chi connectivity index (χ2v) is 5.48. The number of aromatic nitrogens is 2. The van der Waals surface area contributed by atoms with Crippen molar-refractivity contribution in [3.05, 3.63) is 53.6 Å². The lowest BCUT2D eigenvalue weighted by molar-refractivity contribution is 0.936. The van der Waals surface area contributed by atoms with E-state index in [1.165, 1.54) is 33.0 Å². The maximum Gasteiger partial charge on any atom is 0.141 e. The van der Waals surface area contributed by atoms with Crippen LogP contribution in [0.2, 0.25) is 0 Å². The van der Waals surface area contributed by atoms with Crippen LogP contribution in [0.3, 0.4) is 0 Å². The zero-order valence-electron chi connectivity index (χ0n) is 11.9. The van der Waals surface area contributed by atoms with Gasteiger partial charge in [-0.2, -0.15) is 0 Å². The van der Waals surface area contributed by atoms with Crippen LogP contribution in [0.25, 0.3) is 33.2 Å². The molecule has 0 amide bonds. The molecule has 98 valence electrons. The Morgan fingerprint density at radius 3 is 2.50 bits per heavy atom. The van der Waals surface area contributed by atoms with Crippen molar-refractivity contribution >= 4 is 21.8 Å². The Balaban J connectivity index is 2.35. The molecule has 2 aliphatic heterocycles. The monoisotopic (exact) mass is 260 g/mol. The average molecular weight is 260 g/mol. The number of fused-ring (bicyclic) bond motifs is 4. The standard InChI is InChI=1S/C18H16N2/c1-11-7-6-9-14-16-12(2)13-8-4-5-10-15(13)20(3)18(16)19-17(11)14/h4-10H,1-3H3. The molecule has 0 fully saturated rings. The molecule has 0 spiro atoms. The predicted molar refractivity (Wildman–Crippen MR) is 84.3 cm³/mol.